The smallest absolute Gasteiger partial charge is 0.137 e. The molecule has 11 aromatic rings. The maximum Gasteiger partial charge on any atom is 0.137 e. The molecule has 0 fully saturated rings. The molecule has 4 heteroatoms. The van der Waals surface area contributed by atoms with E-state index in [1.54, 1.807) is 0 Å². The number of hydrogen-bond acceptors (Lipinski definition) is 3. The second-order valence-corrected chi connectivity index (χ2v) is 14.5. The Bertz CT molecular complexity index is 3320. The average molecular weight is 716 g/mol. The van der Waals surface area contributed by atoms with E-state index in [0.29, 0.717) is 0 Å². The number of hydrogen-bond donors (Lipinski definition) is 0. The lowest BCUT2D eigenvalue weighted by molar-refractivity contribution is 0.669. The average Bonchev–Trinajstić information content (AvgIpc) is 3.80. The van der Waals surface area contributed by atoms with Crippen LogP contribution < -0.4 is 9.80 Å². The summed E-state index contributed by atoms with van der Waals surface area (Å²) in [6.07, 6.45) is 0. The van der Waals surface area contributed by atoms with Crippen LogP contribution in [0.4, 0.5) is 34.1 Å². The second-order valence-electron chi connectivity index (χ2n) is 14.5. The lowest BCUT2D eigenvalue weighted by Gasteiger charge is -2.35. The molecule has 0 saturated carbocycles. The van der Waals surface area contributed by atoms with E-state index in [2.05, 4.69) is 202 Å². The minimum absolute atomic E-state index is 0.863. The van der Waals surface area contributed by atoms with E-state index in [1.807, 2.05) is 12.1 Å². The molecule has 3 heterocycles. The summed E-state index contributed by atoms with van der Waals surface area (Å²) >= 11 is 0. The molecule has 1 aliphatic rings. The quantitative estimate of drug-likeness (QED) is 0.177. The Morgan fingerprint density at radius 1 is 0.375 bits per heavy atom. The zero-order valence-electron chi connectivity index (χ0n) is 30.3. The minimum Gasteiger partial charge on any atom is -0.456 e. The van der Waals surface area contributed by atoms with Gasteiger partial charge in [-0.25, -0.2) is 0 Å². The maximum absolute atomic E-state index is 6.51. The highest BCUT2D eigenvalue weighted by Gasteiger charge is 2.28. The summed E-state index contributed by atoms with van der Waals surface area (Å²) in [5, 5.41) is 7.04. The van der Waals surface area contributed by atoms with Gasteiger partial charge in [-0.15, -0.1) is 0 Å². The number of furan rings is 1. The highest BCUT2D eigenvalue weighted by Crippen LogP contribution is 2.54. The first-order valence-corrected chi connectivity index (χ1v) is 19.1. The molecule has 4 nitrogen and oxygen atoms in total. The molecule has 56 heavy (non-hydrogen) atoms. The molecule has 262 valence electrons. The molecule has 0 aliphatic carbocycles. The Hall–Kier alpha value is -7.56. The number of fused-ring (bicyclic) bond motifs is 8. The molecule has 9 aromatic carbocycles. The van der Waals surface area contributed by atoms with Gasteiger partial charge in [0.05, 0.1) is 28.1 Å². The normalized spacial score (nSPS) is 12.2. The van der Waals surface area contributed by atoms with Gasteiger partial charge in [-0.1, -0.05) is 109 Å². The number of para-hydroxylation sites is 5. The molecular weight excluding hydrogens is 683 g/mol. The molecule has 0 spiro atoms. The molecular formula is C52H33N3O. The van der Waals surface area contributed by atoms with Gasteiger partial charge in [0.1, 0.15) is 11.2 Å². The standard InChI is InChI=1S/C52H33N3O/c1-3-14-34(15-4-1)54-46-23-11-8-19-39(46)44-32-36(27-30-48(44)54)53(37-26-28-41-40-20-9-12-25-50(40)56-51(41)33-37)47-31-29-42-38-18-7-10-22-45(38)55(35-16-5-2-6-17-35)49-24-13-21-43(47)52(42)49/h1-33H. The SMILES string of the molecule is c1ccc(N2c3ccccc3-c3ccc(N(c4ccc5c(c4)oc4ccccc45)c4ccc5c(c4)c4ccccc4n5-c4ccccc4)c4cccc2c34)cc1. The van der Waals surface area contributed by atoms with Crippen molar-refractivity contribution < 1.29 is 4.42 Å². The zero-order chi connectivity index (χ0) is 36.7. The number of aromatic nitrogens is 1. The number of benzene rings is 9. The number of nitrogens with zero attached hydrogens (tertiary/aromatic N) is 3. The third-order valence-electron chi connectivity index (χ3n) is 11.5. The minimum atomic E-state index is 0.863. The topological polar surface area (TPSA) is 24.6 Å². The van der Waals surface area contributed by atoms with Gasteiger partial charge in [-0.2, -0.15) is 0 Å². The van der Waals surface area contributed by atoms with E-state index in [1.165, 1.54) is 55.1 Å². The molecule has 0 radical (unpaired) electrons. The van der Waals surface area contributed by atoms with Crippen LogP contribution in [0.2, 0.25) is 0 Å². The van der Waals surface area contributed by atoms with Gasteiger partial charge in [-0.3, -0.25) is 0 Å². The molecule has 0 N–H and O–H groups in total. The predicted octanol–water partition coefficient (Wildman–Crippen LogP) is 14.8. The highest BCUT2D eigenvalue weighted by molar-refractivity contribution is 6.19. The van der Waals surface area contributed by atoms with Crippen molar-refractivity contribution in [2.75, 3.05) is 9.80 Å². The van der Waals surface area contributed by atoms with Crippen molar-refractivity contribution in [2.45, 2.75) is 0 Å². The highest BCUT2D eigenvalue weighted by atomic mass is 16.3. The van der Waals surface area contributed by atoms with Gasteiger partial charge in [0, 0.05) is 66.7 Å². The summed E-state index contributed by atoms with van der Waals surface area (Å²) in [5.74, 6) is 0. The van der Waals surface area contributed by atoms with Gasteiger partial charge in [-0.05, 0) is 90.5 Å². The Morgan fingerprint density at radius 2 is 1.02 bits per heavy atom. The van der Waals surface area contributed by atoms with Crippen LogP contribution in [0.15, 0.2) is 205 Å². The molecule has 0 atom stereocenters. The van der Waals surface area contributed by atoms with Crippen molar-refractivity contribution in [3.05, 3.63) is 200 Å². The van der Waals surface area contributed by atoms with Crippen LogP contribution in [0.5, 0.6) is 0 Å². The lowest BCUT2D eigenvalue weighted by atomic mass is 9.89. The predicted molar refractivity (Wildman–Crippen MR) is 234 cm³/mol. The molecule has 1 aliphatic heterocycles. The van der Waals surface area contributed by atoms with Crippen LogP contribution in [0.25, 0.3) is 71.3 Å². The van der Waals surface area contributed by atoms with Crippen LogP contribution in [0.3, 0.4) is 0 Å². The van der Waals surface area contributed by atoms with Gasteiger partial charge < -0.3 is 18.8 Å². The summed E-state index contributed by atoms with van der Waals surface area (Å²) in [6, 6.07) is 72.0. The van der Waals surface area contributed by atoms with Crippen molar-refractivity contribution in [3.63, 3.8) is 0 Å². The van der Waals surface area contributed by atoms with Crippen molar-refractivity contribution >= 4 is 88.6 Å². The lowest BCUT2D eigenvalue weighted by Crippen LogP contribution is -2.16. The molecule has 0 bridgehead atoms. The van der Waals surface area contributed by atoms with Crippen molar-refractivity contribution in [1.82, 2.24) is 4.57 Å². The third-order valence-corrected chi connectivity index (χ3v) is 11.5. The summed E-state index contributed by atoms with van der Waals surface area (Å²) < 4.78 is 8.89. The number of anilines is 6. The van der Waals surface area contributed by atoms with E-state index in [4.69, 9.17) is 4.42 Å². The van der Waals surface area contributed by atoms with Crippen molar-refractivity contribution in [2.24, 2.45) is 0 Å². The first-order valence-electron chi connectivity index (χ1n) is 19.1. The van der Waals surface area contributed by atoms with E-state index < -0.39 is 0 Å². The fourth-order valence-corrected chi connectivity index (χ4v) is 9.10. The van der Waals surface area contributed by atoms with Crippen LogP contribution in [0, 0.1) is 0 Å². The number of rotatable bonds is 5. The molecule has 0 amide bonds. The second kappa shape index (κ2) is 12.0. The molecule has 2 aromatic heterocycles. The Balaban J connectivity index is 1.14. The van der Waals surface area contributed by atoms with E-state index in [0.717, 1.165) is 50.4 Å². The Kier molecular flexibility index (Phi) is 6.60. The van der Waals surface area contributed by atoms with Crippen LogP contribution in [-0.2, 0) is 0 Å². The Morgan fingerprint density at radius 3 is 1.89 bits per heavy atom. The summed E-state index contributed by atoms with van der Waals surface area (Å²) in [4.78, 5) is 4.82. The molecule has 0 unspecified atom stereocenters. The first kappa shape index (κ1) is 30.9. The first-order chi connectivity index (χ1) is 27.8. The third kappa shape index (κ3) is 4.47. The monoisotopic (exact) mass is 715 g/mol. The van der Waals surface area contributed by atoms with E-state index in [9.17, 15) is 0 Å². The van der Waals surface area contributed by atoms with Crippen molar-refractivity contribution in [1.29, 1.82) is 0 Å². The van der Waals surface area contributed by atoms with Gasteiger partial charge in [0.15, 0.2) is 0 Å². The van der Waals surface area contributed by atoms with Crippen molar-refractivity contribution in [3.8, 4) is 16.8 Å². The summed E-state index contributed by atoms with van der Waals surface area (Å²) in [5.41, 5.74) is 14.4. The van der Waals surface area contributed by atoms with Crippen LogP contribution in [0.1, 0.15) is 0 Å². The van der Waals surface area contributed by atoms with Gasteiger partial charge >= 0.3 is 0 Å². The summed E-state index contributed by atoms with van der Waals surface area (Å²) in [6.45, 7) is 0. The Labute approximate surface area is 323 Å². The van der Waals surface area contributed by atoms with Crippen LogP contribution in [-0.4, -0.2) is 4.57 Å². The van der Waals surface area contributed by atoms with Crippen LogP contribution >= 0.6 is 0 Å². The van der Waals surface area contributed by atoms with E-state index >= 15 is 0 Å². The summed E-state index contributed by atoms with van der Waals surface area (Å²) in [7, 11) is 0. The largest absolute Gasteiger partial charge is 0.456 e. The fourth-order valence-electron chi connectivity index (χ4n) is 9.10. The van der Waals surface area contributed by atoms with E-state index in [-0.39, 0.29) is 0 Å². The maximum atomic E-state index is 6.51. The molecule has 0 saturated heterocycles. The zero-order valence-corrected chi connectivity index (χ0v) is 30.3. The molecule has 12 rings (SSSR count). The fraction of sp³-hybridized carbons (Fsp3) is 0. The van der Waals surface area contributed by atoms with Gasteiger partial charge in [0.2, 0.25) is 0 Å². The van der Waals surface area contributed by atoms with Gasteiger partial charge in [0.25, 0.3) is 0 Å².